The molecule has 36 heavy (non-hydrogen) atoms. The maximum Gasteiger partial charge on any atom is 0.247 e. The zero-order valence-electron chi connectivity index (χ0n) is 22.9. The maximum atomic E-state index is 14.4. The van der Waals surface area contributed by atoms with Gasteiger partial charge in [-0.1, -0.05) is 39.8 Å². The predicted octanol–water partition coefficient (Wildman–Crippen LogP) is 3.19. The Labute approximate surface area is 221 Å². The lowest BCUT2D eigenvalue weighted by molar-refractivity contribution is -0.148. The van der Waals surface area contributed by atoms with Gasteiger partial charge in [0, 0.05) is 30.9 Å². The molecule has 0 aromatic carbocycles. The summed E-state index contributed by atoms with van der Waals surface area (Å²) < 4.78 is -0.693. The van der Waals surface area contributed by atoms with Crippen molar-refractivity contribution in [1.82, 2.24) is 14.7 Å². The summed E-state index contributed by atoms with van der Waals surface area (Å²) in [5, 5.41) is 10.4. The molecule has 3 aliphatic heterocycles. The Bertz CT molecular complexity index is 877. The normalized spacial score (nSPS) is 31.6. The van der Waals surface area contributed by atoms with Gasteiger partial charge in [-0.25, -0.2) is 0 Å². The van der Waals surface area contributed by atoms with Crippen LogP contribution in [0.2, 0.25) is 0 Å². The molecule has 3 amide bonds. The molecule has 3 heterocycles. The van der Waals surface area contributed by atoms with Gasteiger partial charge >= 0.3 is 0 Å². The Balaban J connectivity index is 2.16. The highest BCUT2D eigenvalue weighted by molar-refractivity contribution is 8.02. The van der Waals surface area contributed by atoms with Crippen LogP contribution in [-0.2, 0) is 14.4 Å². The van der Waals surface area contributed by atoms with Gasteiger partial charge in [-0.2, -0.15) is 0 Å². The largest absolute Gasteiger partial charge is 0.394 e. The molecule has 8 heteroatoms. The lowest BCUT2D eigenvalue weighted by Gasteiger charge is -2.43. The van der Waals surface area contributed by atoms with Crippen molar-refractivity contribution in [2.45, 2.75) is 82.5 Å². The van der Waals surface area contributed by atoms with E-state index in [9.17, 15) is 19.5 Å². The summed E-state index contributed by atoms with van der Waals surface area (Å²) in [4.78, 5) is 47.9. The van der Waals surface area contributed by atoms with E-state index in [0.29, 0.717) is 19.6 Å². The van der Waals surface area contributed by atoms with Crippen molar-refractivity contribution in [2.75, 3.05) is 26.2 Å². The zero-order chi connectivity index (χ0) is 26.9. The lowest BCUT2D eigenvalue weighted by Crippen LogP contribution is -2.60. The van der Waals surface area contributed by atoms with Crippen molar-refractivity contribution in [3.63, 3.8) is 0 Å². The van der Waals surface area contributed by atoms with Gasteiger partial charge < -0.3 is 19.8 Å². The first-order chi connectivity index (χ1) is 17.0. The van der Waals surface area contributed by atoms with E-state index in [2.05, 4.69) is 20.1 Å². The summed E-state index contributed by atoms with van der Waals surface area (Å²) in [6.45, 7) is 20.9. The highest BCUT2D eigenvalue weighted by Crippen LogP contribution is 2.69. The number of likely N-dealkylation sites (tertiary alicyclic amines) is 1. The average Bonchev–Trinajstić information content (AvgIpc) is 3.41. The molecule has 7 nitrogen and oxygen atoms in total. The van der Waals surface area contributed by atoms with Gasteiger partial charge in [0.2, 0.25) is 17.7 Å². The minimum atomic E-state index is -0.723. The molecule has 202 valence electrons. The second-order valence-electron chi connectivity index (χ2n) is 11.2. The number of aliphatic hydroxyl groups is 1. The Kier molecular flexibility index (Phi) is 9.03. The molecule has 1 N–H and O–H groups in total. The molecule has 0 radical (unpaired) electrons. The second kappa shape index (κ2) is 11.3. The van der Waals surface area contributed by atoms with Crippen LogP contribution in [0.4, 0.5) is 0 Å². The molecule has 0 saturated carbocycles. The van der Waals surface area contributed by atoms with Gasteiger partial charge in [-0.05, 0) is 38.5 Å². The van der Waals surface area contributed by atoms with Crippen LogP contribution in [0.1, 0.15) is 54.4 Å². The van der Waals surface area contributed by atoms with Crippen molar-refractivity contribution < 1.29 is 19.5 Å². The van der Waals surface area contributed by atoms with Crippen molar-refractivity contribution in [1.29, 1.82) is 0 Å². The molecule has 7 atom stereocenters. The molecular formula is C28H45N3O4S. The van der Waals surface area contributed by atoms with Gasteiger partial charge in [0.1, 0.15) is 6.04 Å². The Morgan fingerprint density at radius 2 is 1.83 bits per heavy atom. The number of amides is 3. The summed E-state index contributed by atoms with van der Waals surface area (Å²) in [6, 6.07) is -1.29. The van der Waals surface area contributed by atoms with Crippen LogP contribution in [0, 0.1) is 23.7 Å². The SMILES string of the molecule is C=CCN(CCC)C(=O)[C@@H]1[C@@H]2CC(C)C3(S2)C(C(=O)N(CC=C)C(C)C)N([C@@H](CO)C(C)C)C(=O)[C@H]13. The third kappa shape index (κ3) is 4.42. The maximum absolute atomic E-state index is 14.4. The minimum Gasteiger partial charge on any atom is -0.394 e. The summed E-state index contributed by atoms with van der Waals surface area (Å²) >= 11 is 1.69. The summed E-state index contributed by atoms with van der Waals surface area (Å²) in [5.41, 5.74) is 0. The topological polar surface area (TPSA) is 81.2 Å². The highest BCUT2D eigenvalue weighted by Gasteiger charge is 2.77. The number of hydrogen-bond acceptors (Lipinski definition) is 5. The fourth-order valence-electron chi connectivity index (χ4n) is 6.78. The summed E-state index contributed by atoms with van der Waals surface area (Å²) in [5.74, 6) is -1.27. The van der Waals surface area contributed by atoms with E-state index in [-0.39, 0.29) is 47.5 Å². The molecule has 3 fully saturated rings. The number of thioether (sulfide) groups is 1. The molecule has 0 aromatic heterocycles. The van der Waals surface area contributed by atoms with E-state index in [0.717, 1.165) is 12.8 Å². The number of aliphatic hydroxyl groups excluding tert-OH is 1. The highest BCUT2D eigenvalue weighted by atomic mass is 32.2. The Morgan fingerprint density at radius 3 is 2.33 bits per heavy atom. The first-order valence-electron chi connectivity index (χ1n) is 13.4. The minimum absolute atomic E-state index is 0.00148. The molecule has 3 unspecified atom stereocenters. The van der Waals surface area contributed by atoms with Gasteiger partial charge in [-0.15, -0.1) is 24.9 Å². The number of fused-ring (bicyclic) bond motifs is 1. The monoisotopic (exact) mass is 519 g/mol. The van der Waals surface area contributed by atoms with E-state index in [1.54, 1.807) is 33.7 Å². The van der Waals surface area contributed by atoms with E-state index in [4.69, 9.17) is 0 Å². The zero-order valence-corrected chi connectivity index (χ0v) is 23.7. The molecule has 3 saturated heterocycles. The van der Waals surface area contributed by atoms with Crippen LogP contribution in [0.15, 0.2) is 25.3 Å². The van der Waals surface area contributed by atoms with E-state index < -0.39 is 28.7 Å². The number of nitrogens with zero attached hydrogens (tertiary/aromatic N) is 3. The van der Waals surface area contributed by atoms with Crippen molar-refractivity contribution >= 4 is 29.5 Å². The van der Waals surface area contributed by atoms with E-state index in [1.165, 1.54) is 0 Å². The Hall–Kier alpha value is -1.80. The standard InChI is InChI=1S/C28H45N3O4S/c1-9-12-29(13-10-2)25(33)22-21-15-19(8)28(36-21)23(22)26(34)31(20(16-32)17(4)5)24(28)27(35)30(14-11-3)18(6)7/h9,11,17-24,32H,1,3,10,12-16H2,2,4-8H3/t19?,20-,21-,22+,23-,24?,28?/m0/s1. The lowest BCUT2D eigenvalue weighted by atomic mass is 9.65. The van der Waals surface area contributed by atoms with Crippen LogP contribution in [-0.4, -0.2) is 91.9 Å². The Morgan fingerprint density at radius 1 is 1.19 bits per heavy atom. The number of carbonyl (C=O) groups is 3. The number of rotatable bonds is 12. The average molecular weight is 520 g/mol. The molecule has 0 aliphatic carbocycles. The quantitative estimate of drug-likeness (QED) is 0.401. The van der Waals surface area contributed by atoms with Crippen LogP contribution >= 0.6 is 11.8 Å². The van der Waals surface area contributed by atoms with Gasteiger partial charge in [-0.3, -0.25) is 14.4 Å². The smallest absolute Gasteiger partial charge is 0.247 e. The van der Waals surface area contributed by atoms with E-state index >= 15 is 0 Å². The first-order valence-corrected chi connectivity index (χ1v) is 14.3. The molecule has 2 bridgehead atoms. The fourth-order valence-corrected chi connectivity index (χ4v) is 9.17. The third-order valence-electron chi connectivity index (χ3n) is 8.40. The number of hydrogen-bond donors (Lipinski definition) is 1. The van der Waals surface area contributed by atoms with E-state index in [1.807, 2.05) is 39.5 Å². The molecule has 1 spiro atoms. The van der Waals surface area contributed by atoms with Crippen molar-refractivity contribution in [3.8, 4) is 0 Å². The molecule has 0 aromatic rings. The van der Waals surface area contributed by atoms with Crippen LogP contribution in [0.25, 0.3) is 0 Å². The number of carbonyl (C=O) groups excluding carboxylic acids is 3. The van der Waals surface area contributed by atoms with Crippen molar-refractivity contribution in [3.05, 3.63) is 25.3 Å². The third-order valence-corrected chi connectivity index (χ3v) is 10.5. The van der Waals surface area contributed by atoms with Gasteiger partial charge in [0.25, 0.3) is 0 Å². The summed E-state index contributed by atoms with van der Waals surface area (Å²) in [7, 11) is 0. The van der Waals surface area contributed by atoms with Crippen LogP contribution < -0.4 is 0 Å². The van der Waals surface area contributed by atoms with Crippen molar-refractivity contribution in [2.24, 2.45) is 23.7 Å². The van der Waals surface area contributed by atoms with Gasteiger partial charge in [0.05, 0.1) is 29.2 Å². The second-order valence-corrected chi connectivity index (χ2v) is 12.8. The van der Waals surface area contributed by atoms with Gasteiger partial charge in [0.15, 0.2) is 0 Å². The molecular weight excluding hydrogens is 474 g/mol. The van der Waals surface area contributed by atoms with Crippen LogP contribution in [0.5, 0.6) is 0 Å². The predicted molar refractivity (Wildman–Crippen MR) is 145 cm³/mol. The fraction of sp³-hybridized carbons (Fsp3) is 0.750. The summed E-state index contributed by atoms with van der Waals surface area (Å²) in [6.07, 6.45) is 5.07. The first kappa shape index (κ1) is 28.8. The molecule has 3 aliphatic rings. The van der Waals surface area contributed by atoms with Crippen LogP contribution in [0.3, 0.4) is 0 Å². The molecule has 3 rings (SSSR count).